The van der Waals surface area contributed by atoms with Crippen molar-refractivity contribution in [1.82, 2.24) is 0 Å². The maximum absolute atomic E-state index is 6.34. The quantitative estimate of drug-likeness (QED) is 0.114. The monoisotopic (exact) mass is 1160 g/mol. The second-order valence-corrected chi connectivity index (χ2v) is 23.5. The first kappa shape index (κ1) is 53.2. The van der Waals surface area contributed by atoms with Crippen LogP contribution in [-0.4, -0.2) is 0 Å². The van der Waals surface area contributed by atoms with E-state index >= 15 is 0 Å². The molecule has 0 atom stereocenters. The minimum Gasteiger partial charge on any atom is -0.456 e. The smallest absolute Gasteiger partial charge is 0.136 e. The molecule has 91 heavy (non-hydrogen) atoms. The fourth-order valence-electron chi connectivity index (χ4n) is 14.0. The molecular weight excluding hydrogens is 1100 g/mol. The largest absolute Gasteiger partial charge is 0.456 e. The summed E-state index contributed by atoms with van der Waals surface area (Å²) in [5.41, 5.74) is 22.0. The summed E-state index contributed by atoms with van der Waals surface area (Å²) in [5.74, 6) is 0. The summed E-state index contributed by atoms with van der Waals surface area (Å²) in [5, 5.41) is 11.8. The van der Waals surface area contributed by atoms with Crippen LogP contribution in [0.4, 0.5) is 34.1 Å². The van der Waals surface area contributed by atoms with Crippen molar-refractivity contribution in [3.8, 4) is 66.8 Å². The van der Waals surface area contributed by atoms with E-state index in [0.717, 1.165) is 106 Å². The van der Waals surface area contributed by atoms with Gasteiger partial charge in [-0.1, -0.05) is 285 Å². The third kappa shape index (κ3) is 9.47. The van der Waals surface area contributed by atoms with Crippen molar-refractivity contribution in [1.29, 1.82) is 0 Å². The van der Waals surface area contributed by atoms with Crippen molar-refractivity contribution in [3.63, 3.8) is 0 Å². The minimum atomic E-state index is 0.897. The van der Waals surface area contributed by atoms with Crippen LogP contribution < -0.4 is 9.80 Å². The van der Waals surface area contributed by atoms with E-state index in [2.05, 4.69) is 356 Å². The van der Waals surface area contributed by atoms with E-state index in [-0.39, 0.29) is 0 Å². The van der Waals surface area contributed by atoms with Crippen LogP contribution in [0.2, 0.25) is 0 Å². The molecule has 0 aliphatic heterocycles. The Labute approximate surface area is 528 Å². The van der Waals surface area contributed by atoms with Crippen LogP contribution in [0.15, 0.2) is 356 Å². The van der Waals surface area contributed by atoms with E-state index in [1.54, 1.807) is 0 Å². The molecule has 1 aromatic heterocycles. The maximum Gasteiger partial charge on any atom is 0.136 e. The molecule has 0 aliphatic carbocycles. The fraction of sp³-hybridized carbons (Fsp3) is 0. The lowest BCUT2D eigenvalue weighted by molar-refractivity contribution is 0.669. The second kappa shape index (κ2) is 22.6. The molecule has 0 aliphatic rings. The lowest BCUT2D eigenvalue weighted by Crippen LogP contribution is -2.14. The van der Waals surface area contributed by atoms with Gasteiger partial charge in [-0.05, 0) is 155 Å². The van der Waals surface area contributed by atoms with Gasteiger partial charge in [-0.25, -0.2) is 0 Å². The number of rotatable bonds is 12. The molecule has 16 aromatic carbocycles. The number of hydrogen-bond acceptors (Lipinski definition) is 3. The number of nitrogens with zero attached hydrogens (tertiary/aromatic N) is 2. The third-order valence-corrected chi connectivity index (χ3v) is 18.3. The predicted molar refractivity (Wildman–Crippen MR) is 386 cm³/mol. The Morgan fingerprint density at radius 1 is 0.187 bits per heavy atom. The summed E-state index contributed by atoms with van der Waals surface area (Å²) in [6.45, 7) is 0. The summed E-state index contributed by atoms with van der Waals surface area (Å²) < 4.78 is 6.34. The van der Waals surface area contributed by atoms with E-state index < -0.39 is 0 Å². The summed E-state index contributed by atoms with van der Waals surface area (Å²) in [6, 6.07) is 128. The Morgan fingerprint density at radius 2 is 0.637 bits per heavy atom. The molecule has 0 N–H and O–H groups in total. The molecule has 17 aromatic rings. The van der Waals surface area contributed by atoms with Crippen molar-refractivity contribution >= 4 is 99.2 Å². The lowest BCUT2D eigenvalue weighted by atomic mass is 9.93. The molecule has 0 unspecified atom stereocenters. The topological polar surface area (TPSA) is 19.6 Å². The number of hydrogen-bond donors (Lipinski definition) is 0. The maximum atomic E-state index is 6.34. The van der Waals surface area contributed by atoms with Gasteiger partial charge in [0, 0.05) is 44.2 Å². The Bertz CT molecular complexity index is 5590. The zero-order valence-corrected chi connectivity index (χ0v) is 49.8. The highest BCUT2D eigenvalue weighted by atomic mass is 16.3. The predicted octanol–water partition coefficient (Wildman–Crippen LogP) is 25.1. The minimum absolute atomic E-state index is 0.897. The molecule has 1 heterocycles. The molecule has 0 fully saturated rings. The van der Waals surface area contributed by atoms with E-state index in [9.17, 15) is 0 Å². The van der Waals surface area contributed by atoms with E-state index in [1.165, 1.54) is 60.1 Å². The summed E-state index contributed by atoms with van der Waals surface area (Å²) in [4.78, 5) is 4.97. The second-order valence-electron chi connectivity index (χ2n) is 23.5. The van der Waals surface area contributed by atoms with Crippen LogP contribution in [0.1, 0.15) is 0 Å². The molecule has 17 rings (SSSR count). The molecule has 0 amide bonds. The molecule has 0 saturated heterocycles. The number of benzene rings is 16. The molecule has 0 bridgehead atoms. The molecule has 0 spiro atoms. The molecular formula is C88H58N2O. The molecule has 426 valence electrons. The van der Waals surface area contributed by atoms with Crippen LogP contribution >= 0.6 is 0 Å². The molecule has 3 heteroatoms. The van der Waals surface area contributed by atoms with Crippen molar-refractivity contribution in [2.24, 2.45) is 0 Å². The normalized spacial score (nSPS) is 11.5. The van der Waals surface area contributed by atoms with Gasteiger partial charge in [-0.15, -0.1) is 0 Å². The van der Waals surface area contributed by atoms with Gasteiger partial charge in [0.05, 0.1) is 22.7 Å². The third-order valence-electron chi connectivity index (χ3n) is 18.3. The van der Waals surface area contributed by atoms with E-state index in [4.69, 9.17) is 4.42 Å². The Balaban J connectivity index is 0.845. The van der Waals surface area contributed by atoms with Crippen molar-refractivity contribution in [3.05, 3.63) is 352 Å². The fourth-order valence-corrected chi connectivity index (χ4v) is 14.0. The Morgan fingerprint density at radius 3 is 1.38 bits per heavy atom. The average molecular weight is 1160 g/mol. The number of furan rings is 1. The first-order valence-corrected chi connectivity index (χ1v) is 31.2. The molecule has 3 nitrogen and oxygen atoms in total. The van der Waals surface area contributed by atoms with Gasteiger partial charge in [-0.3, -0.25) is 0 Å². The zero-order valence-electron chi connectivity index (χ0n) is 49.8. The van der Waals surface area contributed by atoms with Crippen LogP contribution in [0.5, 0.6) is 0 Å². The van der Waals surface area contributed by atoms with Crippen molar-refractivity contribution in [2.45, 2.75) is 0 Å². The summed E-state index contributed by atoms with van der Waals surface area (Å²) >= 11 is 0. The lowest BCUT2D eigenvalue weighted by Gasteiger charge is -2.33. The van der Waals surface area contributed by atoms with Gasteiger partial charge in [0.25, 0.3) is 0 Å². The highest BCUT2D eigenvalue weighted by Crippen LogP contribution is 2.51. The first-order chi connectivity index (χ1) is 45.1. The van der Waals surface area contributed by atoms with Crippen LogP contribution in [0, 0.1) is 0 Å². The van der Waals surface area contributed by atoms with Gasteiger partial charge in [-0.2, -0.15) is 0 Å². The van der Waals surface area contributed by atoms with Crippen LogP contribution in [0.3, 0.4) is 0 Å². The Kier molecular flexibility index (Phi) is 13.2. The van der Waals surface area contributed by atoms with Gasteiger partial charge in [0.2, 0.25) is 0 Å². The van der Waals surface area contributed by atoms with Gasteiger partial charge in [0.1, 0.15) is 11.2 Å². The first-order valence-electron chi connectivity index (χ1n) is 31.2. The summed E-state index contributed by atoms with van der Waals surface area (Å²) in [6.07, 6.45) is 0. The molecule has 0 saturated carbocycles. The standard InChI is InChI=1S/C88H58N2O/c1-3-21-59(22-4-1)60-41-43-64(44-42-60)75-28-11-15-36-82(75)90(85-56-55-72(61-23-5-2-6-24-61)77-29-9-10-30-78(77)85)84-38-17-13-32-80(84)79-31-12-16-37-83(79)89(68-50-47-63(48-51-68)71-34-19-26-62-25-7-8-27-70(62)71)69-52-54-74-67(58-69)46-45-65-57-66(49-53-73(65)74)76-35-20-40-87-88(76)81-33-14-18-39-86(81)91-87/h1-58H. The molecule has 0 radical (unpaired) electrons. The highest BCUT2D eigenvalue weighted by Gasteiger charge is 2.26. The van der Waals surface area contributed by atoms with E-state index in [1.807, 2.05) is 6.07 Å². The number of para-hydroxylation sites is 4. The van der Waals surface area contributed by atoms with Gasteiger partial charge in [0.15, 0.2) is 0 Å². The summed E-state index contributed by atoms with van der Waals surface area (Å²) in [7, 11) is 0. The Hall–Kier alpha value is -12.0. The van der Waals surface area contributed by atoms with Crippen LogP contribution in [0.25, 0.3) is 132 Å². The van der Waals surface area contributed by atoms with Gasteiger partial charge < -0.3 is 14.2 Å². The van der Waals surface area contributed by atoms with Gasteiger partial charge >= 0.3 is 0 Å². The van der Waals surface area contributed by atoms with E-state index in [0.29, 0.717) is 0 Å². The van der Waals surface area contributed by atoms with Crippen molar-refractivity contribution in [2.75, 3.05) is 9.80 Å². The zero-order chi connectivity index (χ0) is 60.2. The average Bonchev–Trinajstić information content (AvgIpc) is 1.66. The highest BCUT2D eigenvalue weighted by molar-refractivity contribution is 6.15. The van der Waals surface area contributed by atoms with Crippen LogP contribution in [-0.2, 0) is 0 Å². The number of anilines is 6. The number of fused-ring (bicyclic) bond motifs is 8. The SMILES string of the molecule is c1ccc(-c2ccc(-c3ccccc3N(c3ccccc3-c3ccccc3N(c3ccc(-c4cccc5ccccc45)cc3)c3ccc4c(ccc5cc(-c6cccc7oc8ccccc8c67)ccc54)c3)c3ccc(-c4ccccc4)c4ccccc34)cc2)cc1. The van der Waals surface area contributed by atoms with Crippen molar-refractivity contribution < 1.29 is 4.42 Å².